The van der Waals surface area contributed by atoms with Crippen LogP contribution in [-0.2, 0) is 16.6 Å². The van der Waals surface area contributed by atoms with E-state index in [2.05, 4.69) is 20.8 Å². The minimum atomic E-state index is -3.50. The first-order chi connectivity index (χ1) is 11.9. The van der Waals surface area contributed by atoms with Gasteiger partial charge in [0.05, 0.1) is 4.90 Å². The maximum absolute atomic E-state index is 12.7. The Morgan fingerprint density at radius 1 is 1.04 bits per heavy atom. The summed E-state index contributed by atoms with van der Waals surface area (Å²) in [5, 5.41) is 10.5. The quantitative estimate of drug-likeness (QED) is 0.722. The SMILES string of the molecule is Cl.O=S(=O)(c1ccc(Cl)cc1)N1CCN(Cc2cc(Br)ccc2O)CC1. The summed E-state index contributed by atoms with van der Waals surface area (Å²) < 4.78 is 27.8. The third-order valence-corrected chi connectivity index (χ3v) is 6.88. The molecule has 0 unspecified atom stereocenters. The summed E-state index contributed by atoms with van der Waals surface area (Å²) in [5.41, 5.74) is 0.823. The normalized spacial score (nSPS) is 16.2. The number of aromatic hydroxyl groups is 1. The van der Waals surface area contributed by atoms with Gasteiger partial charge in [-0.05, 0) is 42.5 Å². The van der Waals surface area contributed by atoms with Gasteiger partial charge in [-0.1, -0.05) is 27.5 Å². The minimum absolute atomic E-state index is 0. The van der Waals surface area contributed by atoms with E-state index in [4.69, 9.17) is 11.6 Å². The van der Waals surface area contributed by atoms with Crippen LogP contribution >= 0.6 is 39.9 Å². The van der Waals surface area contributed by atoms with Crippen molar-refractivity contribution in [1.29, 1.82) is 0 Å². The molecule has 9 heteroatoms. The maximum Gasteiger partial charge on any atom is 0.243 e. The van der Waals surface area contributed by atoms with E-state index in [1.54, 1.807) is 24.3 Å². The highest BCUT2D eigenvalue weighted by atomic mass is 79.9. The average molecular weight is 482 g/mol. The van der Waals surface area contributed by atoms with Gasteiger partial charge in [0.1, 0.15) is 5.75 Å². The van der Waals surface area contributed by atoms with Gasteiger partial charge in [-0.3, -0.25) is 4.90 Å². The zero-order valence-electron chi connectivity index (χ0n) is 13.8. The molecule has 142 valence electrons. The Hall–Kier alpha value is -0.830. The molecule has 1 aliphatic heterocycles. The van der Waals surface area contributed by atoms with Crippen LogP contribution in [0.15, 0.2) is 51.8 Å². The molecule has 0 spiro atoms. The fourth-order valence-corrected chi connectivity index (χ4v) is 4.76. The number of piperazine rings is 1. The molecule has 0 bridgehead atoms. The Morgan fingerprint density at radius 2 is 1.65 bits per heavy atom. The van der Waals surface area contributed by atoms with E-state index in [-0.39, 0.29) is 23.1 Å². The number of benzene rings is 2. The van der Waals surface area contributed by atoms with E-state index in [1.165, 1.54) is 16.4 Å². The lowest BCUT2D eigenvalue weighted by atomic mass is 10.2. The highest BCUT2D eigenvalue weighted by Gasteiger charge is 2.28. The number of phenols is 1. The third kappa shape index (κ3) is 4.91. The molecule has 1 N–H and O–H groups in total. The van der Waals surface area contributed by atoms with Gasteiger partial charge in [0.2, 0.25) is 10.0 Å². The number of sulfonamides is 1. The number of phenolic OH excluding ortho intramolecular Hbond substituents is 1. The molecule has 0 atom stereocenters. The van der Waals surface area contributed by atoms with Crippen LogP contribution in [0, 0.1) is 0 Å². The number of nitrogens with zero attached hydrogens (tertiary/aromatic N) is 2. The lowest BCUT2D eigenvalue weighted by Crippen LogP contribution is -2.48. The van der Waals surface area contributed by atoms with Gasteiger partial charge >= 0.3 is 0 Å². The summed E-state index contributed by atoms with van der Waals surface area (Å²) in [6.45, 7) is 2.64. The van der Waals surface area contributed by atoms with Gasteiger partial charge in [-0.25, -0.2) is 8.42 Å². The van der Waals surface area contributed by atoms with Gasteiger partial charge in [0.25, 0.3) is 0 Å². The second-order valence-corrected chi connectivity index (χ2v) is 9.20. The van der Waals surface area contributed by atoms with Gasteiger partial charge in [0.15, 0.2) is 0 Å². The summed E-state index contributed by atoms with van der Waals surface area (Å²) in [7, 11) is -3.50. The molecule has 1 fully saturated rings. The van der Waals surface area contributed by atoms with Crippen LogP contribution in [-0.4, -0.2) is 48.9 Å². The Bertz CT molecular complexity index is 855. The van der Waals surface area contributed by atoms with Crippen molar-refractivity contribution < 1.29 is 13.5 Å². The Balaban J connectivity index is 0.00000243. The maximum atomic E-state index is 12.7. The van der Waals surface area contributed by atoms with Crippen LogP contribution in [0.5, 0.6) is 5.75 Å². The average Bonchev–Trinajstić information content (AvgIpc) is 2.59. The van der Waals surface area contributed by atoms with E-state index < -0.39 is 10.0 Å². The van der Waals surface area contributed by atoms with Gasteiger partial charge in [-0.2, -0.15) is 4.31 Å². The van der Waals surface area contributed by atoms with Crippen molar-refractivity contribution in [3.8, 4) is 5.75 Å². The lowest BCUT2D eigenvalue weighted by molar-refractivity contribution is 0.180. The molecular formula is C17H19BrCl2N2O3S. The molecule has 1 heterocycles. The van der Waals surface area contributed by atoms with Crippen molar-refractivity contribution in [2.75, 3.05) is 26.2 Å². The highest BCUT2D eigenvalue weighted by Crippen LogP contribution is 2.25. The molecule has 0 aliphatic carbocycles. The number of halogens is 3. The van der Waals surface area contributed by atoms with Gasteiger partial charge < -0.3 is 5.11 Å². The van der Waals surface area contributed by atoms with Crippen molar-refractivity contribution in [2.45, 2.75) is 11.4 Å². The van der Waals surface area contributed by atoms with Crippen LogP contribution in [0.2, 0.25) is 5.02 Å². The molecule has 1 aliphatic rings. The fourth-order valence-electron chi connectivity index (χ4n) is 2.81. The van der Waals surface area contributed by atoms with E-state index in [0.29, 0.717) is 37.7 Å². The number of rotatable bonds is 4. The van der Waals surface area contributed by atoms with Crippen LogP contribution < -0.4 is 0 Å². The summed E-state index contributed by atoms with van der Waals surface area (Å²) in [6.07, 6.45) is 0. The molecule has 0 aromatic heterocycles. The van der Waals surface area contributed by atoms with Crippen molar-refractivity contribution in [3.05, 3.63) is 57.5 Å². The first-order valence-electron chi connectivity index (χ1n) is 7.82. The Kier molecular flexibility index (Phi) is 7.35. The minimum Gasteiger partial charge on any atom is -0.508 e. The van der Waals surface area contributed by atoms with Crippen LogP contribution in [0.25, 0.3) is 0 Å². The Labute approximate surface area is 173 Å². The van der Waals surface area contributed by atoms with Gasteiger partial charge in [-0.15, -0.1) is 12.4 Å². The first-order valence-corrected chi connectivity index (χ1v) is 10.4. The largest absolute Gasteiger partial charge is 0.508 e. The monoisotopic (exact) mass is 480 g/mol. The molecule has 1 saturated heterocycles. The highest BCUT2D eigenvalue weighted by molar-refractivity contribution is 9.10. The predicted molar refractivity (Wildman–Crippen MR) is 109 cm³/mol. The molecule has 0 radical (unpaired) electrons. The molecule has 5 nitrogen and oxygen atoms in total. The van der Waals surface area contributed by atoms with Crippen molar-refractivity contribution >= 4 is 50.0 Å². The van der Waals surface area contributed by atoms with Crippen molar-refractivity contribution in [2.24, 2.45) is 0 Å². The third-order valence-electron chi connectivity index (χ3n) is 4.22. The molecule has 2 aromatic rings. The zero-order valence-corrected chi connectivity index (χ0v) is 17.8. The number of hydrogen-bond donors (Lipinski definition) is 1. The fraction of sp³-hybridized carbons (Fsp3) is 0.294. The van der Waals surface area contributed by atoms with E-state index in [9.17, 15) is 13.5 Å². The smallest absolute Gasteiger partial charge is 0.243 e. The molecule has 2 aromatic carbocycles. The summed E-state index contributed by atoms with van der Waals surface area (Å²) in [5.74, 6) is 0.249. The summed E-state index contributed by atoms with van der Waals surface area (Å²) in [6, 6.07) is 11.6. The van der Waals surface area contributed by atoms with Crippen molar-refractivity contribution in [1.82, 2.24) is 9.21 Å². The van der Waals surface area contributed by atoms with Gasteiger partial charge in [0, 0.05) is 47.8 Å². The molecular weight excluding hydrogens is 463 g/mol. The van der Waals surface area contributed by atoms with E-state index in [1.807, 2.05) is 6.07 Å². The van der Waals surface area contributed by atoms with Crippen LogP contribution in [0.1, 0.15) is 5.56 Å². The topological polar surface area (TPSA) is 60.9 Å². The molecule has 3 rings (SSSR count). The molecule has 26 heavy (non-hydrogen) atoms. The van der Waals surface area contributed by atoms with Crippen LogP contribution in [0.3, 0.4) is 0 Å². The summed E-state index contributed by atoms with van der Waals surface area (Å²) >= 11 is 9.23. The van der Waals surface area contributed by atoms with Crippen LogP contribution in [0.4, 0.5) is 0 Å². The summed E-state index contributed by atoms with van der Waals surface area (Å²) in [4.78, 5) is 2.39. The predicted octanol–water partition coefficient (Wildman–Crippen LogP) is 3.74. The number of hydrogen-bond acceptors (Lipinski definition) is 4. The molecule has 0 saturated carbocycles. The van der Waals surface area contributed by atoms with E-state index >= 15 is 0 Å². The first kappa shape index (κ1) is 21.5. The standard InChI is InChI=1S/C17H18BrClN2O3S.ClH/c18-14-1-6-17(22)13(11-14)12-20-7-9-21(10-8-20)25(23,24)16-4-2-15(19)3-5-16;/h1-6,11,22H,7-10,12H2;1H. The zero-order chi connectivity index (χ0) is 18.0. The Morgan fingerprint density at radius 3 is 2.27 bits per heavy atom. The second-order valence-electron chi connectivity index (χ2n) is 5.91. The second kappa shape index (κ2) is 8.91. The molecule has 0 amide bonds. The van der Waals surface area contributed by atoms with E-state index in [0.717, 1.165) is 10.0 Å². The lowest BCUT2D eigenvalue weighted by Gasteiger charge is -2.34. The van der Waals surface area contributed by atoms with Crippen molar-refractivity contribution in [3.63, 3.8) is 0 Å².